The maximum Gasteiger partial charge on any atom is 0.243 e. The summed E-state index contributed by atoms with van der Waals surface area (Å²) in [5, 5.41) is 2.74. The highest BCUT2D eigenvalue weighted by atomic mass is 32.2. The van der Waals surface area contributed by atoms with E-state index in [2.05, 4.69) is 5.32 Å². The van der Waals surface area contributed by atoms with Crippen LogP contribution in [0.4, 0.5) is 8.78 Å². The number of carbonyl (C=O) groups excluding carboxylic acids is 1. The van der Waals surface area contributed by atoms with Gasteiger partial charge in [0.15, 0.2) is 0 Å². The van der Waals surface area contributed by atoms with Crippen molar-refractivity contribution in [3.8, 4) is 5.75 Å². The Labute approximate surface area is 168 Å². The van der Waals surface area contributed by atoms with Crippen molar-refractivity contribution in [2.45, 2.75) is 17.7 Å². The Bertz CT molecular complexity index is 934. The number of amides is 1. The van der Waals surface area contributed by atoms with Crippen molar-refractivity contribution in [2.75, 3.05) is 26.2 Å². The molecule has 0 bridgehead atoms. The molecule has 1 unspecified atom stereocenters. The number of piperidine rings is 1. The number of halogens is 2. The molecule has 0 spiro atoms. The lowest BCUT2D eigenvalue weighted by Gasteiger charge is -2.31. The zero-order chi connectivity index (χ0) is 20.9. The van der Waals surface area contributed by atoms with Gasteiger partial charge in [-0.15, -0.1) is 0 Å². The van der Waals surface area contributed by atoms with Crippen LogP contribution in [0.1, 0.15) is 12.8 Å². The van der Waals surface area contributed by atoms with E-state index in [4.69, 9.17) is 4.74 Å². The fraction of sp³-hybridized carbons (Fsp3) is 0.350. The first kappa shape index (κ1) is 21.2. The van der Waals surface area contributed by atoms with Gasteiger partial charge in [0.2, 0.25) is 15.9 Å². The molecule has 2 aromatic carbocycles. The fourth-order valence-corrected chi connectivity index (χ4v) is 4.67. The Morgan fingerprint density at radius 2 is 1.69 bits per heavy atom. The molecule has 0 aliphatic carbocycles. The largest absolute Gasteiger partial charge is 0.492 e. The summed E-state index contributed by atoms with van der Waals surface area (Å²) in [5.74, 6) is -1.09. The van der Waals surface area contributed by atoms with Crippen molar-refractivity contribution in [1.29, 1.82) is 0 Å². The molecule has 1 fully saturated rings. The van der Waals surface area contributed by atoms with Gasteiger partial charge < -0.3 is 10.1 Å². The normalized spacial score (nSPS) is 17.7. The van der Waals surface area contributed by atoms with Gasteiger partial charge in [-0.1, -0.05) is 0 Å². The van der Waals surface area contributed by atoms with Crippen molar-refractivity contribution >= 4 is 15.9 Å². The maximum absolute atomic E-state index is 13.1. The molecule has 1 aliphatic heterocycles. The summed E-state index contributed by atoms with van der Waals surface area (Å²) >= 11 is 0. The van der Waals surface area contributed by atoms with Crippen LogP contribution in [0.15, 0.2) is 53.4 Å². The summed E-state index contributed by atoms with van der Waals surface area (Å²) in [5.41, 5.74) is 0. The highest BCUT2D eigenvalue weighted by molar-refractivity contribution is 7.89. The van der Waals surface area contributed by atoms with E-state index >= 15 is 0 Å². The van der Waals surface area contributed by atoms with Crippen molar-refractivity contribution in [1.82, 2.24) is 9.62 Å². The molecule has 0 radical (unpaired) electrons. The molecule has 1 amide bonds. The lowest BCUT2D eigenvalue weighted by atomic mass is 9.99. The summed E-state index contributed by atoms with van der Waals surface area (Å²) in [6.45, 7) is 0.848. The predicted molar refractivity (Wildman–Crippen MR) is 103 cm³/mol. The lowest BCUT2D eigenvalue weighted by molar-refractivity contribution is -0.126. The van der Waals surface area contributed by atoms with Gasteiger partial charge in [0.05, 0.1) is 17.4 Å². The van der Waals surface area contributed by atoms with E-state index in [1.165, 1.54) is 40.7 Å². The zero-order valence-electron chi connectivity index (χ0n) is 15.7. The second kappa shape index (κ2) is 9.32. The molecule has 0 aromatic heterocycles. The first-order valence-corrected chi connectivity index (χ1v) is 10.7. The van der Waals surface area contributed by atoms with Gasteiger partial charge in [-0.2, -0.15) is 4.31 Å². The number of sulfonamides is 1. The van der Waals surface area contributed by atoms with Crippen molar-refractivity contribution in [3.63, 3.8) is 0 Å². The first-order chi connectivity index (χ1) is 13.9. The van der Waals surface area contributed by atoms with Crippen molar-refractivity contribution in [2.24, 2.45) is 5.92 Å². The third-order valence-electron chi connectivity index (χ3n) is 4.69. The number of carbonyl (C=O) groups is 1. The molecule has 29 heavy (non-hydrogen) atoms. The molecule has 2 aromatic rings. The van der Waals surface area contributed by atoms with Gasteiger partial charge in [0.25, 0.3) is 0 Å². The number of benzene rings is 2. The zero-order valence-corrected chi connectivity index (χ0v) is 16.5. The van der Waals surface area contributed by atoms with Gasteiger partial charge in [0.1, 0.15) is 24.0 Å². The van der Waals surface area contributed by atoms with E-state index in [9.17, 15) is 22.0 Å². The molecule has 156 valence electrons. The van der Waals surface area contributed by atoms with Crippen LogP contribution >= 0.6 is 0 Å². The molecule has 0 saturated carbocycles. The van der Waals surface area contributed by atoms with Gasteiger partial charge >= 0.3 is 0 Å². The Morgan fingerprint density at radius 1 is 1.07 bits per heavy atom. The van der Waals surface area contributed by atoms with E-state index in [0.29, 0.717) is 25.1 Å². The minimum absolute atomic E-state index is 0.00709. The number of nitrogens with one attached hydrogen (secondary N) is 1. The van der Waals surface area contributed by atoms with Crippen LogP contribution in [0.3, 0.4) is 0 Å². The average Bonchev–Trinajstić information content (AvgIpc) is 2.73. The monoisotopic (exact) mass is 424 g/mol. The minimum atomic E-state index is -3.78. The van der Waals surface area contributed by atoms with Crippen LogP contribution in [-0.4, -0.2) is 44.9 Å². The van der Waals surface area contributed by atoms with Gasteiger partial charge in [0, 0.05) is 13.1 Å². The average molecular weight is 424 g/mol. The van der Waals surface area contributed by atoms with Crippen LogP contribution in [0.2, 0.25) is 0 Å². The molecule has 1 saturated heterocycles. The quantitative estimate of drug-likeness (QED) is 0.694. The van der Waals surface area contributed by atoms with Gasteiger partial charge in [-0.05, 0) is 61.4 Å². The summed E-state index contributed by atoms with van der Waals surface area (Å²) < 4.78 is 58.1. The second-order valence-electron chi connectivity index (χ2n) is 6.75. The number of ether oxygens (including phenoxy) is 1. The summed E-state index contributed by atoms with van der Waals surface area (Å²) in [4.78, 5) is 12.4. The van der Waals surface area contributed by atoms with Crippen LogP contribution in [0.25, 0.3) is 0 Å². The Balaban J connectivity index is 1.51. The van der Waals surface area contributed by atoms with Crippen molar-refractivity contribution in [3.05, 3.63) is 60.2 Å². The van der Waals surface area contributed by atoms with Gasteiger partial charge in [-0.25, -0.2) is 17.2 Å². The molecular formula is C20H22F2N2O4S. The smallest absolute Gasteiger partial charge is 0.243 e. The summed E-state index contributed by atoms with van der Waals surface area (Å²) in [6, 6.07) is 10.2. The predicted octanol–water partition coefficient (Wildman–Crippen LogP) is 2.56. The highest BCUT2D eigenvalue weighted by Crippen LogP contribution is 2.24. The Morgan fingerprint density at radius 3 is 2.34 bits per heavy atom. The number of hydrogen-bond acceptors (Lipinski definition) is 4. The third kappa shape index (κ3) is 5.51. The van der Waals surface area contributed by atoms with E-state index in [0.717, 1.165) is 12.1 Å². The van der Waals surface area contributed by atoms with Gasteiger partial charge in [-0.3, -0.25) is 4.79 Å². The highest BCUT2D eigenvalue weighted by Gasteiger charge is 2.33. The first-order valence-electron chi connectivity index (χ1n) is 9.28. The van der Waals surface area contributed by atoms with Crippen LogP contribution in [0, 0.1) is 17.6 Å². The molecule has 1 atom stereocenters. The Kier molecular flexibility index (Phi) is 6.81. The number of hydrogen-bond donors (Lipinski definition) is 1. The maximum atomic E-state index is 13.1. The lowest BCUT2D eigenvalue weighted by Crippen LogP contribution is -2.45. The molecule has 6 nitrogen and oxygen atoms in total. The van der Waals surface area contributed by atoms with E-state index in [1.807, 2.05) is 0 Å². The molecule has 3 rings (SSSR count). The van der Waals surface area contributed by atoms with E-state index < -0.39 is 21.8 Å². The van der Waals surface area contributed by atoms with Crippen LogP contribution < -0.4 is 10.1 Å². The number of nitrogens with zero attached hydrogens (tertiary/aromatic N) is 1. The Hall–Kier alpha value is -2.52. The molecule has 1 aliphatic rings. The molecule has 1 N–H and O–H groups in total. The van der Waals surface area contributed by atoms with E-state index in [1.54, 1.807) is 0 Å². The molecular weight excluding hydrogens is 402 g/mol. The molecule has 9 heteroatoms. The van der Waals surface area contributed by atoms with Crippen LogP contribution in [0.5, 0.6) is 5.75 Å². The van der Waals surface area contributed by atoms with Crippen molar-refractivity contribution < 1.29 is 26.7 Å². The third-order valence-corrected chi connectivity index (χ3v) is 6.57. The topological polar surface area (TPSA) is 75.7 Å². The standard InChI is InChI=1S/C20H22F2N2O4S/c21-16-3-7-18(8-4-16)28-13-11-23-20(25)15-2-1-12-24(14-15)29(26,27)19-9-5-17(22)6-10-19/h3-10,15H,1-2,11-14H2,(H,23,25). The number of rotatable bonds is 7. The molecule has 1 heterocycles. The minimum Gasteiger partial charge on any atom is -0.492 e. The van der Waals surface area contributed by atoms with E-state index in [-0.39, 0.29) is 36.3 Å². The van der Waals surface area contributed by atoms with Crippen LogP contribution in [-0.2, 0) is 14.8 Å². The fourth-order valence-electron chi connectivity index (χ4n) is 3.15. The summed E-state index contributed by atoms with van der Waals surface area (Å²) in [6.07, 6.45) is 1.14. The second-order valence-corrected chi connectivity index (χ2v) is 8.69. The summed E-state index contributed by atoms with van der Waals surface area (Å²) in [7, 11) is -3.78. The SMILES string of the molecule is O=C(NCCOc1ccc(F)cc1)C1CCCN(S(=O)(=O)c2ccc(F)cc2)C1.